The zero-order chi connectivity index (χ0) is 22.5. The quantitative estimate of drug-likeness (QED) is 0.503. The lowest BCUT2D eigenvalue weighted by Crippen LogP contribution is -2.50. The Morgan fingerprint density at radius 2 is 1.81 bits per heavy atom. The normalized spacial score (nSPS) is 16.4. The molecule has 2 heterocycles. The molecule has 2 aromatic carbocycles. The predicted molar refractivity (Wildman–Crippen MR) is 126 cm³/mol. The Kier molecular flexibility index (Phi) is 7.80. The number of β-amino-alcohol motifs (C(OH)–C–C–N with tert-alkyl or cyclic N) is 1. The van der Waals surface area contributed by atoms with E-state index in [2.05, 4.69) is 14.8 Å². The summed E-state index contributed by atoms with van der Waals surface area (Å²) in [5.41, 5.74) is 0.933. The molecule has 32 heavy (non-hydrogen) atoms. The highest BCUT2D eigenvalue weighted by Crippen LogP contribution is 2.25. The first kappa shape index (κ1) is 23.2. The molecule has 172 valence electrons. The number of hydrogen-bond donors (Lipinski definition) is 1. The maximum absolute atomic E-state index is 13.2. The minimum absolute atomic E-state index is 0.0671. The zero-order valence-electron chi connectivity index (χ0n) is 18.0. The molecule has 1 aromatic heterocycles. The predicted octanol–water partition coefficient (Wildman–Crippen LogP) is 3.83. The van der Waals surface area contributed by atoms with Crippen molar-refractivity contribution in [3.05, 3.63) is 52.2 Å². The Hall–Kier alpha value is -1.97. The van der Waals surface area contributed by atoms with Gasteiger partial charge in [0.2, 0.25) is 0 Å². The van der Waals surface area contributed by atoms with Crippen LogP contribution < -0.4 is 9.47 Å². The number of aliphatic hydroxyl groups is 1. The van der Waals surface area contributed by atoms with Crippen LogP contribution >= 0.6 is 22.9 Å². The van der Waals surface area contributed by atoms with Crippen molar-refractivity contribution in [2.24, 2.45) is 0 Å². The van der Waals surface area contributed by atoms with Crippen molar-refractivity contribution in [3.63, 3.8) is 0 Å². The number of halogens is 2. The van der Waals surface area contributed by atoms with Crippen LogP contribution in [-0.4, -0.2) is 78.5 Å². The Bertz CT molecular complexity index is 1040. The third-order valence-corrected chi connectivity index (χ3v) is 6.65. The number of ether oxygens (including phenoxy) is 2. The number of piperazine rings is 1. The number of aryl methyl sites for hydroxylation is 1. The summed E-state index contributed by atoms with van der Waals surface area (Å²) in [6.07, 6.45) is -0.555. The molecule has 0 radical (unpaired) electrons. The van der Waals surface area contributed by atoms with E-state index in [1.54, 1.807) is 17.4 Å². The van der Waals surface area contributed by atoms with Gasteiger partial charge >= 0.3 is 0 Å². The van der Waals surface area contributed by atoms with Crippen LogP contribution in [0.5, 0.6) is 11.5 Å². The van der Waals surface area contributed by atoms with Crippen molar-refractivity contribution in [1.29, 1.82) is 0 Å². The molecule has 1 aliphatic heterocycles. The van der Waals surface area contributed by atoms with Gasteiger partial charge in [-0.25, -0.2) is 9.37 Å². The molecule has 0 amide bonds. The fraction of sp³-hybridized carbons (Fsp3) is 0.435. The summed E-state index contributed by atoms with van der Waals surface area (Å²) in [4.78, 5) is 9.04. The summed E-state index contributed by atoms with van der Waals surface area (Å²) < 4.78 is 25.8. The van der Waals surface area contributed by atoms with Crippen molar-refractivity contribution in [2.75, 3.05) is 52.5 Å². The highest BCUT2D eigenvalue weighted by molar-refractivity contribution is 7.18. The first-order valence-corrected chi connectivity index (χ1v) is 11.9. The van der Waals surface area contributed by atoms with Crippen LogP contribution in [-0.2, 0) is 0 Å². The Labute approximate surface area is 196 Å². The molecule has 1 N–H and O–H groups in total. The number of benzene rings is 2. The van der Waals surface area contributed by atoms with E-state index in [0.29, 0.717) is 18.9 Å². The number of nitrogens with zero attached hydrogens (tertiary/aromatic N) is 3. The van der Waals surface area contributed by atoms with Crippen LogP contribution in [0.15, 0.2) is 36.4 Å². The molecule has 0 unspecified atom stereocenters. The fourth-order valence-corrected chi connectivity index (χ4v) is 4.69. The largest absolute Gasteiger partial charge is 0.492 e. The Balaban J connectivity index is 1.13. The van der Waals surface area contributed by atoms with E-state index >= 15 is 0 Å². The minimum atomic E-state index is -0.555. The van der Waals surface area contributed by atoms with E-state index in [9.17, 15) is 9.50 Å². The van der Waals surface area contributed by atoms with E-state index in [1.165, 1.54) is 12.1 Å². The number of aliphatic hydroxyl groups excluding tert-OH is 1. The Morgan fingerprint density at radius 3 is 2.59 bits per heavy atom. The molecule has 9 heteroatoms. The molecular formula is C23H27ClFN3O3S. The lowest BCUT2D eigenvalue weighted by molar-refractivity contribution is 0.0436. The van der Waals surface area contributed by atoms with Gasteiger partial charge < -0.3 is 14.6 Å². The molecular weight excluding hydrogens is 453 g/mol. The van der Waals surface area contributed by atoms with Gasteiger partial charge in [0.25, 0.3) is 0 Å². The molecule has 1 aliphatic rings. The second kappa shape index (κ2) is 10.8. The number of rotatable bonds is 9. The van der Waals surface area contributed by atoms with Crippen LogP contribution in [0.2, 0.25) is 5.02 Å². The summed E-state index contributed by atoms with van der Waals surface area (Å²) in [6, 6.07) is 10.2. The number of fused-ring (bicyclic) bond motifs is 1. The van der Waals surface area contributed by atoms with Gasteiger partial charge in [-0.3, -0.25) is 9.80 Å². The molecule has 1 saturated heterocycles. The molecule has 4 rings (SSSR count). The van der Waals surface area contributed by atoms with Crippen molar-refractivity contribution >= 4 is 33.2 Å². The van der Waals surface area contributed by atoms with E-state index in [-0.39, 0.29) is 11.6 Å². The average molecular weight is 480 g/mol. The standard InChI is InChI=1S/C23H27ClFN3O3S/c1-16-26-22-13-19(3-5-23(22)32-16)31-15-17(29)14-28-8-6-27(7-9-28)10-11-30-18-2-4-21(25)20(24)12-18/h2-5,12-13,17,29H,6-11,14-15H2,1H3/t17-/m1/s1. The van der Waals surface area contributed by atoms with Crippen LogP contribution in [0.4, 0.5) is 4.39 Å². The monoisotopic (exact) mass is 479 g/mol. The molecule has 0 saturated carbocycles. The second-order valence-corrected chi connectivity index (χ2v) is 9.54. The fourth-order valence-electron chi connectivity index (χ4n) is 3.71. The van der Waals surface area contributed by atoms with Gasteiger partial charge in [-0.05, 0) is 31.2 Å². The van der Waals surface area contributed by atoms with Gasteiger partial charge in [0.05, 0.1) is 20.2 Å². The average Bonchev–Trinajstić information content (AvgIpc) is 3.15. The third kappa shape index (κ3) is 6.30. The number of hydrogen-bond acceptors (Lipinski definition) is 7. The van der Waals surface area contributed by atoms with E-state index in [4.69, 9.17) is 21.1 Å². The molecule has 1 atom stereocenters. The lowest BCUT2D eigenvalue weighted by Gasteiger charge is -2.35. The van der Waals surface area contributed by atoms with Crippen LogP contribution in [0, 0.1) is 12.7 Å². The van der Waals surface area contributed by atoms with Crippen LogP contribution in [0.25, 0.3) is 10.2 Å². The van der Waals surface area contributed by atoms with Crippen molar-refractivity contribution in [1.82, 2.24) is 14.8 Å². The molecule has 0 aliphatic carbocycles. The third-order valence-electron chi connectivity index (χ3n) is 5.41. The maximum atomic E-state index is 13.2. The van der Waals surface area contributed by atoms with Gasteiger partial charge in [-0.2, -0.15) is 0 Å². The summed E-state index contributed by atoms with van der Waals surface area (Å²) in [5.74, 6) is 0.856. The first-order chi connectivity index (χ1) is 15.5. The minimum Gasteiger partial charge on any atom is -0.492 e. The van der Waals surface area contributed by atoms with Gasteiger partial charge in [-0.1, -0.05) is 11.6 Å². The van der Waals surface area contributed by atoms with Crippen molar-refractivity contribution < 1.29 is 19.0 Å². The molecule has 0 bridgehead atoms. The summed E-state index contributed by atoms with van der Waals surface area (Å²) in [7, 11) is 0. The van der Waals surface area contributed by atoms with E-state index in [0.717, 1.165) is 53.7 Å². The molecule has 3 aromatic rings. The SMILES string of the molecule is Cc1nc2cc(OC[C@H](O)CN3CCN(CCOc4ccc(F)c(Cl)c4)CC3)ccc2s1. The highest BCUT2D eigenvalue weighted by Gasteiger charge is 2.19. The van der Waals surface area contributed by atoms with Crippen molar-refractivity contribution in [2.45, 2.75) is 13.0 Å². The summed E-state index contributed by atoms with van der Waals surface area (Å²) in [5, 5.41) is 11.5. The number of aromatic nitrogens is 1. The Morgan fingerprint density at radius 1 is 1.09 bits per heavy atom. The maximum Gasteiger partial charge on any atom is 0.142 e. The first-order valence-electron chi connectivity index (χ1n) is 10.7. The topological polar surface area (TPSA) is 58.1 Å². The van der Waals surface area contributed by atoms with Gasteiger partial charge in [0.15, 0.2) is 0 Å². The molecule has 1 fully saturated rings. The summed E-state index contributed by atoms with van der Waals surface area (Å²) in [6.45, 7) is 7.69. The number of thiazole rings is 1. The van der Waals surface area contributed by atoms with Gasteiger partial charge in [-0.15, -0.1) is 11.3 Å². The van der Waals surface area contributed by atoms with E-state index in [1.807, 2.05) is 25.1 Å². The smallest absolute Gasteiger partial charge is 0.142 e. The van der Waals surface area contributed by atoms with Gasteiger partial charge in [0, 0.05) is 51.4 Å². The molecule has 0 spiro atoms. The van der Waals surface area contributed by atoms with Crippen LogP contribution in [0.1, 0.15) is 5.01 Å². The lowest BCUT2D eigenvalue weighted by atomic mass is 10.2. The van der Waals surface area contributed by atoms with Gasteiger partial charge in [0.1, 0.15) is 36.6 Å². The summed E-state index contributed by atoms with van der Waals surface area (Å²) >= 11 is 7.44. The molecule has 6 nitrogen and oxygen atoms in total. The van der Waals surface area contributed by atoms with E-state index < -0.39 is 11.9 Å². The van der Waals surface area contributed by atoms with Crippen molar-refractivity contribution in [3.8, 4) is 11.5 Å². The zero-order valence-corrected chi connectivity index (χ0v) is 19.5. The highest BCUT2D eigenvalue weighted by atomic mass is 35.5. The second-order valence-electron chi connectivity index (χ2n) is 7.89. The van der Waals surface area contributed by atoms with Crippen LogP contribution in [0.3, 0.4) is 0 Å².